The van der Waals surface area contributed by atoms with Gasteiger partial charge in [-0.1, -0.05) is 26.0 Å². The number of hydrogen-bond acceptors (Lipinski definition) is 6. The van der Waals surface area contributed by atoms with Gasteiger partial charge in [-0.2, -0.15) is 0 Å². The van der Waals surface area contributed by atoms with Gasteiger partial charge in [0, 0.05) is 18.2 Å². The van der Waals surface area contributed by atoms with E-state index in [9.17, 15) is 14.4 Å². The van der Waals surface area contributed by atoms with E-state index in [2.05, 4.69) is 16.0 Å². The van der Waals surface area contributed by atoms with Crippen molar-refractivity contribution in [1.29, 1.82) is 0 Å². The van der Waals surface area contributed by atoms with Gasteiger partial charge in [-0.05, 0) is 35.7 Å². The number of amides is 3. The lowest BCUT2D eigenvalue weighted by Crippen LogP contribution is -2.51. The van der Waals surface area contributed by atoms with Crippen LogP contribution in [0.4, 0.5) is 0 Å². The lowest BCUT2D eigenvalue weighted by atomic mass is 10.0. The van der Waals surface area contributed by atoms with Crippen LogP contribution in [-0.4, -0.2) is 51.6 Å². The maximum Gasteiger partial charge on any atom is 0.252 e. The predicted molar refractivity (Wildman–Crippen MR) is 123 cm³/mol. The smallest absolute Gasteiger partial charge is 0.252 e. The number of methoxy groups -OCH3 is 3. The highest BCUT2D eigenvalue weighted by molar-refractivity contribution is 5.98. The molecule has 0 aliphatic rings. The van der Waals surface area contributed by atoms with E-state index < -0.39 is 17.9 Å². The van der Waals surface area contributed by atoms with E-state index in [1.54, 1.807) is 51.3 Å². The Morgan fingerprint density at radius 2 is 1.39 bits per heavy atom. The lowest BCUT2D eigenvalue weighted by molar-refractivity contribution is -0.127. The van der Waals surface area contributed by atoms with Gasteiger partial charge in [-0.25, -0.2) is 0 Å². The second-order valence-corrected chi connectivity index (χ2v) is 7.64. The predicted octanol–water partition coefficient (Wildman–Crippen LogP) is 1.90. The topological polar surface area (TPSA) is 115 Å². The van der Waals surface area contributed by atoms with Crippen molar-refractivity contribution < 1.29 is 28.6 Å². The summed E-state index contributed by atoms with van der Waals surface area (Å²) in [4.78, 5) is 37.6. The number of carbonyl (C=O) groups excluding carboxylic acids is 3. The molecule has 0 radical (unpaired) electrons. The number of nitrogens with one attached hydrogen (secondary N) is 3. The highest BCUT2D eigenvalue weighted by atomic mass is 16.5. The Morgan fingerprint density at radius 1 is 0.818 bits per heavy atom. The normalized spacial score (nSPS) is 11.3. The van der Waals surface area contributed by atoms with E-state index in [-0.39, 0.29) is 18.4 Å². The molecule has 1 unspecified atom stereocenters. The van der Waals surface area contributed by atoms with Gasteiger partial charge in [0.2, 0.25) is 11.8 Å². The third-order valence-electron chi connectivity index (χ3n) is 4.92. The monoisotopic (exact) mass is 457 g/mol. The minimum atomic E-state index is -0.830. The Bertz CT molecular complexity index is 937. The van der Waals surface area contributed by atoms with E-state index in [0.29, 0.717) is 23.6 Å². The summed E-state index contributed by atoms with van der Waals surface area (Å²) in [6.07, 6.45) is 0. The molecule has 3 amide bonds. The van der Waals surface area contributed by atoms with E-state index in [0.717, 1.165) is 11.3 Å². The fourth-order valence-corrected chi connectivity index (χ4v) is 2.98. The molecular formula is C24H31N3O6. The molecule has 2 aromatic rings. The Hall–Kier alpha value is -3.75. The summed E-state index contributed by atoms with van der Waals surface area (Å²) in [5.41, 5.74) is 1.19. The molecule has 0 fully saturated rings. The third-order valence-corrected chi connectivity index (χ3v) is 4.92. The summed E-state index contributed by atoms with van der Waals surface area (Å²) in [5.74, 6) is 0.191. The summed E-state index contributed by atoms with van der Waals surface area (Å²) in [5, 5.41) is 8.05. The van der Waals surface area contributed by atoms with E-state index in [1.165, 1.54) is 14.2 Å². The summed E-state index contributed by atoms with van der Waals surface area (Å²) in [6.45, 7) is 3.72. The molecule has 0 heterocycles. The fourth-order valence-electron chi connectivity index (χ4n) is 2.98. The fraction of sp³-hybridized carbons (Fsp3) is 0.375. The minimum absolute atomic E-state index is 0.205. The van der Waals surface area contributed by atoms with Crippen LogP contribution in [0.1, 0.15) is 29.8 Å². The molecule has 0 saturated heterocycles. The molecule has 9 nitrogen and oxygen atoms in total. The largest absolute Gasteiger partial charge is 0.497 e. The Kier molecular flexibility index (Phi) is 9.53. The summed E-state index contributed by atoms with van der Waals surface area (Å²) >= 11 is 0. The number of hydrogen-bond donors (Lipinski definition) is 3. The molecule has 178 valence electrons. The zero-order valence-corrected chi connectivity index (χ0v) is 19.6. The van der Waals surface area contributed by atoms with Crippen molar-refractivity contribution in [2.24, 2.45) is 5.92 Å². The van der Waals surface area contributed by atoms with Gasteiger partial charge in [0.1, 0.15) is 23.3 Å². The number of rotatable bonds is 11. The SMILES string of the molecule is COc1ccc(CNC(=O)CNC(=O)C(NC(=O)c2cc(OC)cc(OC)c2)C(C)C)cc1. The van der Waals surface area contributed by atoms with Gasteiger partial charge < -0.3 is 30.2 Å². The van der Waals surface area contributed by atoms with Crippen LogP contribution in [0.2, 0.25) is 0 Å². The van der Waals surface area contributed by atoms with Crippen molar-refractivity contribution in [3.8, 4) is 17.2 Å². The van der Waals surface area contributed by atoms with E-state index in [1.807, 2.05) is 12.1 Å². The van der Waals surface area contributed by atoms with Gasteiger partial charge in [-0.15, -0.1) is 0 Å². The maximum absolute atomic E-state index is 12.8. The van der Waals surface area contributed by atoms with Crippen LogP contribution in [0.15, 0.2) is 42.5 Å². The second-order valence-electron chi connectivity index (χ2n) is 7.64. The van der Waals surface area contributed by atoms with Crippen molar-refractivity contribution in [3.05, 3.63) is 53.6 Å². The zero-order chi connectivity index (χ0) is 24.4. The zero-order valence-electron chi connectivity index (χ0n) is 19.6. The Labute approximate surface area is 193 Å². The molecule has 3 N–H and O–H groups in total. The van der Waals surface area contributed by atoms with Crippen LogP contribution < -0.4 is 30.2 Å². The van der Waals surface area contributed by atoms with Crippen LogP contribution in [-0.2, 0) is 16.1 Å². The number of benzene rings is 2. The second kappa shape index (κ2) is 12.3. The van der Waals surface area contributed by atoms with Gasteiger partial charge in [0.15, 0.2) is 0 Å². The standard InChI is InChI=1S/C24H31N3O6/c1-15(2)22(27-23(29)17-10-19(32-4)12-20(11-17)33-5)24(30)26-14-21(28)25-13-16-6-8-18(31-3)9-7-16/h6-12,15,22H,13-14H2,1-5H3,(H,25,28)(H,26,30)(H,27,29). The van der Waals surface area contributed by atoms with Crippen molar-refractivity contribution in [3.63, 3.8) is 0 Å². The van der Waals surface area contributed by atoms with Crippen LogP contribution in [0, 0.1) is 5.92 Å². The molecule has 9 heteroatoms. The first-order chi connectivity index (χ1) is 15.8. The third kappa shape index (κ3) is 7.71. The summed E-state index contributed by atoms with van der Waals surface area (Å²) in [6, 6.07) is 11.2. The van der Waals surface area contributed by atoms with Gasteiger partial charge in [0.25, 0.3) is 5.91 Å². The molecule has 0 aliphatic heterocycles. The Balaban J connectivity index is 1.92. The molecular weight excluding hydrogens is 426 g/mol. The van der Waals surface area contributed by atoms with E-state index >= 15 is 0 Å². The Morgan fingerprint density at radius 3 is 1.91 bits per heavy atom. The van der Waals surface area contributed by atoms with Crippen LogP contribution in [0.3, 0.4) is 0 Å². The lowest BCUT2D eigenvalue weighted by Gasteiger charge is -2.22. The molecule has 0 spiro atoms. The van der Waals surface area contributed by atoms with E-state index in [4.69, 9.17) is 14.2 Å². The average Bonchev–Trinajstić information content (AvgIpc) is 2.83. The van der Waals surface area contributed by atoms with Crippen LogP contribution >= 0.6 is 0 Å². The van der Waals surface area contributed by atoms with Crippen molar-refractivity contribution in [2.45, 2.75) is 26.4 Å². The summed E-state index contributed by atoms with van der Waals surface area (Å²) < 4.78 is 15.5. The van der Waals surface area contributed by atoms with Crippen LogP contribution in [0.5, 0.6) is 17.2 Å². The number of ether oxygens (including phenoxy) is 3. The van der Waals surface area contributed by atoms with Crippen LogP contribution in [0.25, 0.3) is 0 Å². The van der Waals surface area contributed by atoms with Gasteiger partial charge in [0.05, 0.1) is 27.9 Å². The van der Waals surface area contributed by atoms with Gasteiger partial charge in [-0.3, -0.25) is 14.4 Å². The highest BCUT2D eigenvalue weighted by Crippen LogP contribution is 2.22. The quantitative estimate of drug-likeness (QED) is 0.475. The molecule has 33 heavy (non-hydrogen) atoms. The first-order valence-electron chi connectivity index (χ1n) is 10.5. The first-order valence-corrected chi connectivity index (χ1v) is 10.5. The van der Waals surface area contributed by atoms with Crippen molar-refractivity contribution in [1.82, 2.24) is 16.0 Å². The molecule has 2 rings (SSSR count). The minimum Gasteiger partial charge on any atom is -0.497 e. The first kappa shape index (κ1) is 25.5. The van der Waals surface area contributed by atoms with Crippen molar-refractivity contribution >= 4 is 17.7 Å². The molecule has 0 aliphatic carbocycles. The molecule has 0 bridgehead atoms. The molecule has 0 saturated carbocycles. The van der Waals surface area contributed by atoms with Crippen molar-refractivity contribution in [2.75, 3.05) is 27.9 Å². The molecule has 0 aromatic heterocycles. The highest BCUT2D eigenvalue weighted by Gasteiger charge is 2.25. The average molecular weight is 458 g/mol. The number of carbonyl (C=O) groups is 3. The molecule has 2 aromatic carbocycles. The maximum atomic E-state index is 12.8. The van der Waals surface area contributed by atoms with Gasteiger partial charge >= 0.3 is 0 Å². The summed E-state index contributed by atoms with van der Waals surface area (Å²) in [7, 11) is 4.56. The molecule has 1 atom stereocenters.